The Balaban J connectivity index is 1.25. The van der Waals surface area contributed by atoms with Gasteiger partial charge in [-0.2, -0.15) is 0 Å². The van der Waals surface area contributed by atoms with E-state index in [1.54, 1.807) is 11.3 Å². The highest BCUT2D eigenvalue weighted by Crippen LogP contribution is 2.43. The molecule has 4 heterocycles. The molecule has 0 radical (unpaired) electrons. The SMILES string of the molecule is Cc1nc(CCC(=O)N2CCC3(CC2)CC(CN2CCOCC2)OC3=O)cs1. The largest absolute Gasteiger partial charge is 0.461 e. The van der Waals surface area contributed by atoms with Crippen LogP contribution in [0, 0.1) is 12.3 Å². The molecule has 0 bridgehead atoms. The van der Waals surface area contributed by atoms with E-state index in [2.05, 4.69) is 9.88 Å². The van der Waals surface area contributed by atoms with Crippen LogP contribution in [0.25, 0.3) is 0 Å². The second-order valence-electron chi connectivity index (χ2n) is 8.16. The molecule has 3 fully saturated rings. The minimum atomic E-state index is -0.389. The fourth-order valence-corrected chi connectivity index (χ4v) is 5.17. The fraction of sp³-hybridized carbons (Fsp3) is 0.750. The number of nitrogens with zero attached hydrogens (tertiary/aromatic N) is 3. The highest BCUT2D eigenvalue weighted by atomic mass is 32.1. The normalized spacial score (nSPS) is 25.2. The number of morpholine rings is 1. The lowest BCUT2D eigenvalue weighted by Gasteiger charge is -2.36. The topological polar surface area (TPSA) is 72.0 Å². The molecule has 1 aromatic rings. The van der Waals surface area contributed by atoms with Gasteiger partial charge in [0.1, 0.15) is 6.10 Å². The Labute approximate surface area is 170 Å². The smallest absolute Gasteiger partial charge is 0.312 e. The Bertz CT molecular complexity index is 708. The Morgan fingerprint density at radius 1 is 1.29 bits per heavy atom. The average molecular weight is 408 g/mol. The first-order valence-electron chi connectivity index (χ1n) is 10.2. The van der Waals surface area contributed by atoms with Crippen molar-refractivity contribution in [1.29, 1.82) is 0 Å². The van der Waals surface area contributed by atoms with E-state index in [9.17, 15) is 9.59 Å². The number of aromatic nitrogens is 1. The first-order valence-corrected chi connectivity index (χ1v) is 11.1. The maximum atomic E-state index is 12.6. The molecule has 28 heavy (non-hydrogen) atoms. The summed E-state index contributed by atoms with van der Waals surface area (Å²) in [5.74, 6) is 0.104. The van der Waals surface area contributed by atoms with Crippen molar-refractivity contribution in [2.75, 3.05) is 45.9 Å². The third kappa shape index (κ3) is 4.39. The second kappa shape index (κ2) is 8.47. The van der Waals surface area contributed by atoms with Gasteiger partial charge in [0.05, 0.1) is 29.3 Å². The van der Waals surface area contributed by atoms with Crippen molar-refractivity contribution >= 4 is 23.2 Å². The van der Waals surface area contributed by atoms with E-state index in [1.165, 1.54) is 0 Å². The van der Waals surface area contributed by atoms with Crippen LogP contribution in [-0.2, 0) is 25.5 Å². The van der Waals surface area contributed by atoms with Gasteiger partial charge >= 0.3 is 5.97 Å². The van der Waals surface area contributed by atoms with Crippen molar-refractivity contribution in [2.24, 2.45) is 5.41 Å². The molecule has 0 aromatic carbocycles. The molecular formula is C20H29N3O4S. The zero-order valence-electron chi connectivity index (χ0n) is 16.5. The molecule has 0 saturated carbocycles. The molecule has 3 aliphatic heterocycles. The molecule has 7 nitrogen and oxygen atoms in total. The molecule has 3 saturated heterocycles. The lowest BCUT2D eigenvalue weighted by Crippen LogP contribution is -2.45. The van der Waals surface area contributed by atoms with E-state index in [1.807, 2.05) is 17.2 Å². The van der Waals surface area contributed by atoms with Crippen molar-refractivity contribution in [3.63, 3.8) is 0 Å². The number of cyclic esters (lactones) is 1. The number of hydrogen-bond donors (Lipinski definition) is 0. The number of esters is 1. The molecule has 8 heteroatoms. The molecule has 154 valence electrons. The van der Waals surface area contributed by atoms with Gasteiger partial charge in [0, 0.05) is 50.9 Å². The fourth-order valence-electron chi connectivity index (χ4n) is 4.52. The second-order valence-corrected chi connectivity index (χ2v) is 9.23. The van der Waals surface area contributed by atoms with Gasteiger partial charge in [-0.15, -0.1) is 11.3 Å². The van der Waals surface area contributed by atoms with E-state index in [0.29, 0.717) is 38.8 Å². The predicted molar refractivity (Wildman–Crippen MR) is 105 cm³/mol. The summed E-state index contributed by atoms with van der Waals surface area (Å²) in [5, 5.41) is 3.06. The van der Waals surface area contributed by atoms with Crippen LogP contribution in [0.5, 0.6) is 0 Å². The summed E-state index contributed by atoms with van der Waals surface area (Å²) >= 11 is 1.62. The summed E-state index contributed by atoms with van der Waals surface area (Å²) in [7, 11) is 0. The zero-order valence-corrected chi connectivity index (χ0v) is 17.3. The van der Waals surface area contributed by atoms with Crippen LogP contribution in [0.15, 0.2) is 5.38 Å². The lowest BCUT2D eigenvalue weighted by atomic mass is 9.76. The van der Waals surface area contributed by atoms with Gasteiger partial charge in [0.15, 0.2) is 0 Å². The summed E-state index contributed by atoms with van der Waals surface area (Å²) in [6.45, 7) is 7.39. The highest BCUT2D eigenvalue weighted by Gasteiger charge is 2.51. The molecule has 4 rings (SSSR count). The Hall–Kier alpha value is -1.51. The van der Waals surface area contributed by atoms with Crippen LogP contribution in [0.4, 0.5) is 0 Å². The van der Waals surface area contributed by atoms with E-state index in [4.69, 9.17) is 9.47 Å². The quantitative estimate of drug-likeness (QED) is 0.691. The highest BCUT2D eigenvalue weighted by molar-refractivity contribution is 7.09. The summed E-state index contributed by atoms with van der Waals surface area (Å²) in [6, 6.07) is 0. The molecule has 3 aliphatic rings. The van der Waals surface area contributed by atoms with E-state index < -0.39 is 0 Å². The summed E-state index contributed by atoms with van der Waals surface area (Å²) < 4.78 is 11.1. The Morgan fingerprint density at radius 2 is 2.04 bits per heavy atom. The van der Waals surface area contributed by atoms with Crippen molar-refractivity contribution in [2.45, 2.75) is 45.1 Å². The maximum absolute atomic E-state index is 12.6. The Kier molecular flexibility index (Phi) is 5.99. The molecule has 0 N–H and O–H groups in total. The number of carbonyl (C=O) groups excluding carboxylic acids is 2. The average Bonchev–Trinajstić information content (AvgIpc) is 3.24. The van der Waals surface area contributed by atoms with Gasteiger partial charge in [0.2, 0.25) is 5.91 Å². The molecule has 1 unspecified atom stereocenters. The van der Waals surface area contributed by atoms with Crippen molar-refractivity contribution in [3.8, 4) is 0 Å². The third-order valence-electron chi connectivity index (χ3n) is 6.23. The van der Waals surface area contributed by atoms with Gasteiger partial charge in [-0.05, 0) is 26.2 Å². The molecule has 0 aliphatic carbocycles. The first-order chi connectivity index (χ1) is 13.5. The number of amides is 1. The van der Waals surface area contributed by atoms with Crippen LogP contribution in [0.3, 0.4) is 0 Å². The number of hydrogen-bond acceptors (Lipinski definition) is 7. The number of rotatable bonds is 5. The van der Waals surface area contributed by atoms with Crippen LogP contribution < -0.4 is 0 Å². The third-order valence-corrected chi connectivity index (χ3v) is 7.05. The van der Waals surface area contributed by atoms with Gasteiger partial charge < -0.3 is 14.4 Å². The minimum Gasteiger partial charge on any atom is -0.461 e. The summed E-state index contributed by atoms with van der Waals surface area (Å²) in [6.07, 6.45) is 3.36. The molecule has 1 aromatic heterocycles. The maximum Gasteiger partial charge on any atom is 0.312 e. The standard InChI is InChI=1S/C20H29N3O4S/c1-15-21-16(14-28-15)2-3-18(24)23-6-4-20(5-7-23)12-17(27-19(20)25)13-22-8-10-26-11-9-22/h14,17H,2-13H2,1H3. The van der Waals surface area contributed by atoms with Gasteiger partial charge in [-0.1, -0.05) is 0 Å². The Morgan fingerprint density at radius 3 is 2.71 bits per heavy atom. The number of likely N-dealkylation sites (tertiary alicyclic amines) is 1. The van der Waals surface area contributed by atoms with Gasteiger partial charge in [0.25, 0.3) is 0 Å². The number of aryl methyl sites for hydroxylation is 2. The molecular weight excluding hydrogens is 378 g/mol. The van der Waals surface area contributed by atoms with Crippen molar-refractivity contribution < 1.29 is 19.1 Å². The van der Waals surface area contributed by atoms with E-state index in [0.717, 1.165) is 50.0 Å². The van der Waals surface area contributed by atoms with Crippen molar-refractivity contribution in [3.05, 3.63) is 16.1 Å². The summed E-state index contributed by atoms with van der Waals surface area (Å²) in [5.41, 5.74) is 0.606. The van der Waals surface area contributed by atoms with Crippen molar-refractivity contribution in [1.82, 2.24) is 14.8 Å². The molecule has 1 atom stereocenters. The van der Waals surface area contributed by atoms with E-state index in [-0.39, 0.29) is 23.4 Å². The predicted octanol–water partition coefficient (Wildman–Crippen LogP) is 1.64. The number of piperidine rings is 1. The minimum absolute atomic E-state index is 0.0271. The molecule has 1 spiro atoms. The number of carbonyl (C=O) groups is 2. The van der Waals surface area contributed by atoms with Gasteiger partial charge in [-0.3, -0.25) is 14.5 Å². The number of ether oxygens (including phenoxy) is 2. The lowest BCUT2D eigenvalue weighted by molar-refractivity contribution is -0.153. The van der Waals surface area contributed by atoms with Crippen LogP contribution in [-0.4, -0.2) is 78.7 Å². The van der Waals surface area contributed by atoms with Crippen LogP contribution in [0.1, 0.15) is 36.4 Å². The van der Waals surface area contributed by atoms with Gasteiger partial charge in [-0.25, -0.2) is 4.98 Å². The summed E-state index contributed by atoms with van der Waals surface area (Å²) in [4.78, 5) is 33.8. The van der Waals surface area contributed by atoms with Crippen LogP contribution >= 0.6 is 11.3 Å². The molecule has 1 amide bonds. The monoisotopic (exact) mass is 407 g/mol. The zero-order chi connectivity index (χ0) is 19.6. The first kappa shape index (κ1) is 19.8. The number of thiazole rings is 1. The van der Waals surface area contributed by atoms with Crippen LogP contribution in [0.2, 0.25) is 0 Å². The van der Waals surface area contributed by atoms with E-state index >= 15 is 0 Å².